The molecule has 0 saturated heterocycles. The van der Waals surface area contributed by atoms with Crippen molar-refractivity contribution in [2.75, 3.05) is 13.4 Å². The monoisotopic (exact) mass is 372 g/mol. The van der Waals surface area contributed by atoms with Gasteiger partial charge < -0.3 is 4.74 Å². The SMILES string of the molecule is COc1c(-c2ccc(SC)c(C)c2)cnn(-c2cccc(Cl)c2)c1=O. The van der Waals surface area contributed by atoms with Gasteiger partial charge in [-0.3, -0.25) is 4.79 Å². The number of aromatic nitrogens is 2. The molecular formula is C19H17ClN2O2S. The second kappa shape index (κ2) is 7.33. The van der Waals surface area contributed by atoms with Gasteiger partial charge in [0.2, 0.25) is 0 Å². The first-order valence-corrected chi connectivity index (χ1v) is 9.22. The summed E-state index contributed by atoms with van der Waals surface area (Å²) in [5.41, 5.74) is 2.98. The minimum absolute atomic E-state index is 0.256. The molecule has 0 aliphatic rings. The van der Waals surface area contributed by atoms with Crippen LogP contribution < -0.4 is 10.3 Å². The van der Waals surface area contributed by atoms with Gasteiger partial charge in [0.05, 0.1) is 19.0 Å². The van der Waals surface area contributed by atoms with Gasteiger partial charge >= 0.3 is 5.56 Å². The van der Waals surface area contributed by atoms with Crippen molar-refractivity contribution < 1.29 is 4.74 Å². The maximum absolute atomic E-state index is 12.8. The molecule has 128 valence electrons. The maximum Gasteiger partial charge on any atom is 0.314 e. The molecule has 3 aromatic rings. The fraction of sp³-hybridized carbons (Fsp3) is 0.158. The number of halogens is 1. The summed E-state index contributed by atoms with van der Waals surface area (Å²) in [5.74, 6) is 0.256. The van der Waals surface area contributed by atoms with Crippen molar-refractivity contribution in [1.29, 1.82) is 0 Å². The van der Waals surface area contributed by atoms with Gasteiger partial charge in [0.1, 0.15) is 0 Å². The highest BCUT2D eigenvalue weighted by Crippen LogP contribution is 2.30. The molecule has 2 aromatic carbocycles. The molecule has 3 rings (SSSR count). The Kier molecular flexibility index (Phi) is 5.16. The number of nitrogens with zero attached hydrogens (tertiary/aromatic N) is 2. The zero-order chi connectivity index (χ0) is 18.0. The third-order valence-corrected chi connectivity index (χ3v) is 5.03. The molecule has 0 unspecified atom stereocenters. The largest absolute Gasteiger partial charge is 0.491 e. The van der Waals surface area contributed by atoms with E-state index in [1.165, 1.54) is 16.7 Å². The average Bonchev–Trinajstić information content (AvgIpc) is 2.61. The van der Waals surface area contributed by atoms with E-state index in [-0.39, 0.29) is 11.3 Å². The first-order valence-electron chi connectivity index (χ1n) is 7.62. The van der Waals surface area contributed by atoms with Crippen molar-refractivity contribution in [3.05, 3.63) is 69.6 Å². The highest BCUT2D eigenvalue weighted by atomic mass is 35.5. The molecule has 25 heavy (non-hydrogen) atoms. The zero-order valence-electron chi connectivity index (χ0n) is 14.1. The minimum atomic E-state index is -0.325. The molecule has 1 aromatic heterocycles. The number of hydrogen-bond acceptors (Lipinski definition) is 4. The van der Waals surface area contributed by atoms with Gasteiger partial charge in [0.25, 0.3) is 0 Å². The van der Waals surface area contributed by atoms with Crippen molar-refractivity contribution >= 4 is 23.4 Å². The molecule has 0 fully saturated rings. The van der Waals surface area contributed by atoms with Crippen LogP contribution in [0.15, 0.2) is 58.4 Å². The van der Waals surface area contributed by atoms with Crippen LogP contribution in [0.3, 0.4) is 0 Å². The standard InChI is InChI=1S/C19H17ClN2O2S/c1-12-9-13(7-8-17(12)25-3)16-11-21-22(19(23)18(16)24-2)15-6-4-5-14(20)10-15/h4-11H,1-3H3. The lowest BCUT2D eigenvalue weighted by Crippen LogP contribution is -2.23. The first kappa shape index (κ1) is 17.6. The summed E-state index contributed by atoms with van der Waals surface area (Å²) in [6, 6.07) is 13.0. The summed E-state index contributed by atoms with van der Waals surface area (Å²) < 4.78 is 6.70. The Labute approximate surface area is 155 Å². The third kappa shape index (κ3) is 3.43. The molecule has 0 atom stereocenters. The van der Waals surface area contributed by atoms with E-state index in [0.717, 1.165) is 11.1 Å². The van der Waals surface area contributed by atoms with E-state index < -0.39 is 0 Å². The summed E-state index contributed by atoms with van der Waals surface area (Å²) >= 11 is 7.71. The van der Waals surface area contributed by atoms with Crippen molar-refractivity contribution in [2.24, 2.45) is 0 Å². The Hall–Kier alpha value is -2.24. The second-order valence-electron chi connectivity index (χ2n) is 5.47. The van der Waals surface area contributed by atoms with E-state index in [4.69, 9.17) is 16.3 Å². The summed E-state index contributed by atoms with van der Waals surface area (Å²) in [6.07, 6.45) is 3.69. The summed E-state index contributed by atoms with van der Waals surface area (Å²) in [6.45, 7) is 2.04. The van der Waals surface area contributed by atoms with Gasteiger partial charge in [-0.1, -0.05) is 29.8 Å². The topological polar surface area (TPSA) is 44.1 Å². The molecule has 0 N–H and O–H groups in total. The predicted molar refractivity (Wildman–Crippen MR) is 103 cm³/mol. The van der Waals surface area contributed by atoms with Crippen LogP contribution in [-0.4, -0.2) is 23.1 Å². The van der Waals surface area contributed by atoms with Gasteiger partial charge in [-0.2, -0.15) is 9.78 Å². The van der Waals surface area contributed by atoms with Gasteiger partial charge in [0, 0.05) is 15.5 Å². The van der Waals surface area contributed by atoms with Crippen LogP contribution in [-0.2, 0) is 0 Å². The van der Waals surface area contributed by atoms with Gasteiger partial charge in [-0.25, -0.2) is 0 Å². The van der Waals surface area contributed by atoms with Crippen LogP contribution in [0.4, 0.5) is 0 Å². The molecule has 0 radical (unpaired) electrons. The molecule has 0 bridgehead atoms. The molecule has 0 spiro atoms. The lowest BCUT2D eigenvalue weighted by Gasteiger charge is -2.12. The Morgan fingerprint density at radius 1 is 1.20 bits per heavy atom. The predicted octanol–water partition coefficient (Wildman–Crippen LogP) is 4.59. The normalized spacial score (nSPS) is 10.7. The van der Waals surface area contributed by atoms with Gasteiger partial charge in [0.15, 0.2) is 5.75 Å². The van der Waals surface area contributed by atoms with E-state index in [0.29, 0.717) is 16.3 Å². The van der Waals surface area contributed by atoms with Crippen molar-refractivity contribution in [2.45, 2.75) is 11.8 Å². The van der Waals surface area contributed by atoms with Crippen LogP contribution in [0, 0.1) is 6.92 Å². The molecule has 4 nitrogen and oxygen atoms in total. The first-order chi connectivity index (χ1) is 12.0. The second-order valence-corrected chi connectivity index (χ2v) is 6.76. The van der Waals surface area contributed by atoms with Crippen LogP contribution >= 0.6 is 23.4 Å². The maximum atomic E-state index is 12.8. The third-order valence-electron chi connectivity index (χ3n) is 3.90. The highest BCUT2D eigenvalue weighted by Gasteiger charge is 2.15. The Bertz CT molecular complexity index is 985. The molecule has 0 saturated carbocycles. The summed E-state index contributed by atoms with van der Waals surface area (Å²) in [4.78, 5) is 14.0. The molecule has 0 amide bonds. The van der Waals surface area contributed by atoms with Crippen molar-refractivity contribution in [3.63, 3.8) is 0 Å². The molecule has 1 heterocycles. The van der Waals surface area contributed by atoms with Crippen molar-refractivity contribution in [3.8, 4) is 22.6 Å². The fourth-order valence-electron chi connectivity index (χ4n) is 2.68. The number of hydrogen-bond donors (Lipinski definition) is 0. The molecular weight excluding hydrogens is 356 g/mol. The van der Waals surface area contributed by atoms with E-state index in [1.807, 2.05) is 31.4 Å². The van der Waals surface area contributed by atoms with Crippen LogP contribution in [0.2, 0.25) is 5.02 Å². The van der Waals surface area contributed by atoms with Crippen LogP contribution in [0.5, 0.6) is 5.75 Å². The van der Waals surface area contributed by atoms with E-state index >= 15 is 0 Å². The Balaban J connectivity index is 2.16. The molecule has 6 heteroatoms. The lowest BCUT2D eigenvalue weighted by atomic mass is 10.0. The number of aryl methyl sites for hydroxylation is 1. The van der Waals surface area contributed by atoms with E-state index in [2.05, 4.69) is 5.10 Å². The van der Waals surface area contributed by atoms with Gasteiger partial charge in [-0.05, 0) is 48.6 Å². The quantitative estimate of drug-likeness (QED) is 0.628. The fourth-order valence-corrected chi connectivity index (χ4v) is 3.45. The van der Waals surface area contributed by atoms with E-state index in [9.17, 15) is 4.79 Å². The van der Waals surface area contributed by atoms with E-state index in [1.54, 1.807) is 42.2 Å². The van der Waals surface area contributed by atoms with Gasteiger partial charge in [-0.15, -0.1) is 11.8 Å². The lowest BCUT2D eigenvalue weighted by molar-refractivity contribution is 0.405. The van der Waals surface area contributed by atoms with Crippen molar-refractivity contribution in [1.82, 2.24) is 9.78 Å². The van der Waals surface area contributed by atoms with Crippen LogP contribution in [0.1, 0.15) is 5.56 Å². The summed E-state index contributed by atoms with van der Waals surface area (Å²) in [7, 11) is 1.49. The number of thioether (sulfide) groups is 1. The zero-order valence-corrected chi connectivity index (χ0v) is 15.7. The minimum Gasteiger partial charge on any atom is -0.491 e. The Morgan fingerprint density at radius 2 is 2.00 bits per heavy atom. The van der Waals surface area contributed by atoms with Crippen LogP contribution in [0.25, 0.3) is 16.8 Å². The number of ether oxygens (including phenoxy) is 1. The number of methoxy groups -OCH3 is 1. The highest BCUT2D eigenvalue weighted by molar-refractivity contribution is 7.98. The molecule has 0 aliphatic carbocycles. The smallest absolute Gasteiger partial charge is 0.314 e. The number of rotatable bonds is 4. The summed E-state index contributed by atoms with van der Waals surface area (Å²) in [5, 5.41) is 4.85. The Morgan fingerprint density at radius 3 is 2.64 bits per heavy atom. The number of benzene rings is 2. The average molecular weight is 373 g/mol. The molecule has 0 aliphatic heterocycles.